The second-order valence-corrected chi connectivity index (χ2v) is 3.88. The number of nitrogens with zero attached hydrogens (tertiary/aromatic N) is 1. The predicted molar refractivity (Wildman–Crippen MR) is 60.5 cm³/mol. The number of nitriles is 1. The minimum Gasteiger partial charge on any atom is -0.469 e. The first-order valence-electron chi connectivity index (χ1n) is 4.52. The number of esters is 1. The third-order valence-electron chi connectivity index (χ3n) is 2.16. The number of halogens is 1. The lowest BCUT2D eigenvalue weighted by Crippen LogP contribution is -2.06. The number of aliphatic hydroxyl groups is 1. The van der Waals surface area contributed by atoms with E-state index >= 15 is 0 Å². The molecule has 0 aliphatic rings. The Morgan fingerprint density at radius 3 is 2.81 bits per heavy atom. The molecular weight excluding hydrogens is 274 g/mol. The van der Waals surface area contributed by atoms with Gasteiger partial charge in [-0.2, -0.15) is 5.26 Å². The molecule has 1 aromatic carbocycles. The molecule has 0 saturated carbocycles. The van der Waals surface area contributed by atoms with Crippen LogP contribution in [-0.2, 0) is 22.6 Å². The largest absolute Gasteiger partial charge is 0.469 e. The summed E-state index contributed by atoms with van der Waals surface area (Å²) in [6.07, 6.45) is 0.107. The van der Waals surface area contributed by atoms with Crippen molar-refractivity contribution in [3.63, 3.8) is 0 Å². The van der Waals surface area contributed by atoms with E-state index in [1.807, 2.05) is 6.07 Å². The highest BCUT2D eigenvalue weighted by atomic mass is 79.9. The van der Waals surface area contributed by atoms with Gasteiger partial charge in [-0.1, -0.05) is 22.0 Å². The van der Waals surface area contributed by atoms with Gasteiger partial charge in [-0.05, 0) is 11.6 Å². The molecule has 0 atom stereocenters. The minimum absolute atomic E-state index is 0.107. The van der Waals surface area contributed by atoms with Crippen molar-refractivity contribution in [1.82, 2.24) is 0 Å². The van der Waals surface area contributed by atoms with Gasteiger partial charge in [0.15, 0.2) is 0 Å². The van der Waals surface area contributed by atoms with E-state index in [1.165, 1.54) is 7.11 Å². The quantitative estimate of drug-likeness (QED) is 0.854. The summed E-state index contributed by atoms with van der Waals surface area (Å²) in [6, 6.07) is 5.22. The number of carbonyl (C=O) groups is 1. The van der Waals surface area contributed by atoms with Gasteiger partial charge in [0, 0.05) is 10.0 Å². The smallest absolute Gasteiger partial charge is 0.310 e. The number of aliphatic hydroxyl groups excluding tert-OH is 1. The molecule has 1 rings (SSSR count). The van der Waals surface area contributed by atoms with Crippen molar-refractivity contribution in [2.24, 2.45) is 0 Å². The molecule has 84 valence electrons. The highest BCUT2D eigenvalue weighted by Crippen LogP contribution is 2.25. The molecule has 0 amide bonds. The summed E-state index contributed by atoms with van der Waals surface area (Å²) in [5, 5.41) is 18.0. The van der Waals surface area contributed by atoms with Crippen molar-refractivity contribution in [1.29, 1.82) is 5.26 Å². The van der Waals surface area contributed by atoms with Crippen LogP contribution in [0.3, 0.4) is 0 Å². The maximum absolute atomic E-state index is 11.1. The highest BCUT2D eigenvalue weighted by Gasteiger charge is 2.13. The number of methoxy groups -OCH3 is 1. The normalized spacial score (nSPS) is 9.62. The summed E-state index contributed by atoms with van der Waals surface area (Å²) >= 11 is 3.27. The Hall–Kier alpha value is -1.38. The van der Waals surface area contributed by atoms with E-state index < -0.39 is 0 Å². The van der Waals surface area contributed by atoms with Crippen LogP contribution >= 0.6 is 15.9 Å². The molecule has 0 aliphatic heterocycles. The molecule has 0 heterocycles. The average Bonchev–Trinajstić information content (AvgIpc) is 2.31. The third kappa shape index (κ3) is 2.60. The van der Waals surface area contributed by atoms with Crippen LogP contribution in [-0.4, -0.2) is 18.2 Å². The van der Waals surface area contributed by atoms with Crippen LogP contribution < -0.4 is 0 Å². The lowest BCUT2D eigenvalue weighted by Gasteiger charge is -2.08. The van der Waals surface area contributed by atoms with Crippen LogP contribution in [0, 0.1) is 11.3 Å². The van der Waals surface area contributed by atoms with Crippen LogP contribution in [0.5, 0.6) is 0 Å². The minimum atomic E-state index is -0.366. The molecule has 0 bridgehead atoms. The van der Waals surface area contributed by atoms with E-state index in [4.69, 9.17) is 10.4 Å². The molecule has 4 nitrogen and oxygen atoms in total. The first kappa shape index (κ1) is 12.7. The number of rotatable bonds is 3. The maximum atomic E-state index is 11.1. The van der Waals surface area contributed by atoms with Crippen LogP contribution in [0.25, 0.3) is 0 Å². The zero-order valence-corrected chi connectivity index (χ0v) is 10.2. The summed E-state index contributed by atoms with van der Waals surface area (Å²) < 4.78 is 5.13. The summed E-state index contributed by atoms with van der Waals surface area (Å²) in [5.74, 6) is -0.366. The van der Waals surface area contributed by atoms with E-state index in [0.717, 1.165) is 0 Å². The zero-order chi connectivity index (χ0) is 12.1. The van der Waals surface area contributed by atoms with Crippen molar-refractivity contribution in [3.05, 3.63) is 33.3 Å². The lowest BCUT2D eigenvalue weighted by atomic mass is 10.0. The molecular formula is C11H10BrNO3. The predicted octanol–water partition coefficient (Wildman–Crippen LogP) is 1.53. The fourth-order valence-electron chi connectivity index (χ4n) is 1.29. The van der Waals surface area contributed by atoms with Gasteiger partial charge in [0.25, 0.3) is 0 Å². The Kier molecular flexibility index (Phi) is 4.47. The molecule has 0 saturated heterocycles. The SMILES string of the molecule is COC(=O)Cc1ccc(C#N)c(CO)c1Br. The molecule has 0 fully saturated rings. The van der Waals surface area contributed by atoms with Crippen molar-refractivity contribution in [3.8, 4) is 6.07 Å². The Morgan fingerprint density at radius 2 is 2.31 bits per heavy atom. The van der Waals surface area contributed by atoms with Gasteiger partial charge in [-0.15, -0.1) is 0 Å². The van der Waals surface area contributed by atoms with E-state index in [-0.39, 0.29) is 19.0 Å². The van der Waals surface area contributed by atoms with Crippen LogP contribution in [0.15, 0.2) is 16.6 Å². The van der Waals surface area contributed by atoms with E-state index in [1.54, 1.807) is 12.1 Å². The summed E-state index contributed by atoms with van der Waals surface area (Å²) in [4.78, 5) is 11.1. The number of hydrogen-bond acceptors (Lipinski definition) is 4. The van der Waals surface area contributed by atoms with Crippen molar-refractivity contribution in [2.75, 3.05) is 7.11 Å². The molecule has 0 aromatic heterocycles. The van der Waals surface area contributed by atoms with Gasteiger partial charge in [-0.3, -0.25) is 4.79 Å². The van der Waals surface area contributed by atoms with E-state index in [9.17, 15) is 4.79 Å². The Labute approximate surface area is 102 Å². The molecule has 0 aliphatic carbocycles. The fourth-order valence-corrected chi connectivity index (χ4v) is 1.90. The maximum Gasteiger partial charge on any atom is 0.310 e. The Balaban J connectivity index is 3.15. The zero-order valence-electron chi connectivity index (χ0n) is 8.66. The van der Waals surface area contributed by atoms with Gasteiger partial charge in [0.05, 0.1) is 31.8 Å². The Bertz CT molecular complexity index is 451. The van der Waals surface area contributed by atoms with Crippen molar-refractivity contribution in [2.45, 2.75) is 13.0 Å². The first-order valence-corrected chi connectivity index (χ1v) is 5.31. The van der Waals surface area contributed by atoms with E-state index in [0.29, 0.717) is 21.2 Å². The number of carbonyl (C=O) groups excluding carboxylic acids is 1. The molecule has 1 aromatic rings. The van der Waals surface area contributed by atoms with Gasteiger partial charge in [0.2, 0.25) is 0 Å². The number of hydrogen-bond donors (Lipinski definition) is 1. The summed E-state index contributed by atoms with van der Waals surface area (Å²) in [6.45, 7) is -0.251. The van der Waals surface area contributed by atoms with Crippen molar-refractivity contribution >= 4 is 21.9 Å². The summed E-state index contributed by atoms with van der Waals surface area (Å²) in [5.41, 5.74) is 1.57. The molecule has 1 N–H and O–H groups in total. The highest BCUT2D eigenvalue weighted by molar-refractivity contribution is 9.10. The van der Waals surface area contributed by atoms with Gasteiger partial charge in [-0.25, -0.2) is 0 Å². The summed E-state index contributed by atoms with van der Waals surface area (Å²) in [7, 11) is 1.31. The first-order chi connectivity index (χ1) is 7.63. The molecule has 5 heteroatoms. The van der Waals surface area contributed by atoms with Crippen LogP contribution in [0.1, 0.15) is 16.7 Å². The third-order valence-corrected chi connectivity index (χ3v) is 3.15. The molecule has 0 spiro atoms. The van der Waals surface area contributed by atoms with Gasteiger partial charge >= 0.3 is 5.97 Å². The molecule has 0 radical (unpaired) electrons. The fraction of sp³-hybridized carbons (Fsp3) is 0.273. The number of ether oxygens (including phenoxy) is 1. The monoisotopic (exact) mass is 283 g/mol. The van der Waals surface area contributed by atoms with Gasteiger partial charge in [0.1, 0.15) is 0 Å². The lowest BCUT2D eigenvalue weighted by molar-refractivity contribution is -0.139. The van der Waals surface area contributed by atoms with Crippen molar-refractivity contribution < 1.29 is 14.6 Å². The second-order valence-electron chi connectivity index (χ2n) is 3.09. The molecule has 0 unspecified atom stereocenters. The Morgan fingerprint density at radius 1 is 1.62 bits per heavy atom. The standard InChI is InChI=1S/C11H10BrNO3/c1-16-10(15)4-7-2-3-8(5-13)9(6-14)11(7)12/h2-3,14H,4,6H2,1H3. The topological polar surface area (TPSA) is 70.3 Å². The van der Waals surface area contributed by atoms with Gasteiger partial charge < -0.3 is 9.84 Å². The molecule has 16 heavy (non-hydrogen) atoms. The van der Waals surface area contributed by atoms with E-state index in [2.05, 4.69) is 20.7 Å². The van der Waals surface area contributed by atoms with Crippen LogP contribution in [0.2, 0.25) is 0 Å². The number of benzene rings is 1. The second kappa shape index (κ2) is 5.64. The average molecular weight is 284 g/mol. The van der Waals surface area contributed by atoms with Crippen LogP contribution in [0.4, 0.5) is 0 Å².